The summed E-state index contributed by atoms with van der Waals surface area (Å²) < 4.78 is 21.6. The van der Waals surface area contributed by atoms with Crippen molar-refractivity contribution in [2.24, 2.45) is 5.92 Å². The van der Waals surface area contributed by atoms with Crippen LogP contribution in [0.25, 0.3) is 0 Å². The second kappa shape index (κ2) is 5.89. The van der Waals surface area contributed by atoms with E-state index in [1.165, 1.54) is 0 Å². The van der Waals surface area contributed by atoms with Gasteiger partial charge in [-0.2, -0.15) is 0 Å². The molecule has 0 aliphatic carbocycles. The maximum absolute atomic E-state index is 5.44. The van der Waals surface area contributed by atoms with Crippen molar-refractivity contribution in [3.63, 3.8) is 0 Å². The van der Waals surface area contributed by atoms with Crippen molar-refractivity contribution in [2.45, 2.75) is 25.9 Å². The van der Waals surface area contributed by atoms with Gasteiger partial charge in [-0.3, -0.25) is 0 Å². The summed E-state index contributed by atoms with van der Waals surface area (Å²) in [5.41, 5.74) is 1.14. The Bertz CT molecular complexity index is 471. The van der Waals surface area contributed by atoms with E-state index >= 15 is 0 Å². The zero-order valence-electron chi connectivity index (χ0n) is 12.0. The van der Waals surface area contributed by atoms with Crippen LogP contribution in [0.1, 0.15) is 18.9 Å². The molecule has 0 spiro atoms. The Morgan fingerprint density at radius 2 is 2.30 bits per heavy atom. The normalized spacial score (nSPS) is 22.0. The highest BCUT2D eigenvalue weighted by Gasteiger charge is 2.23. The van der Waals surface area contributed by atoms with Crippen LogP contribution in [0, 0.1) is 5.92 Å². The third-order valence-corrected chi connectivity index (χ3v) is 4.02. The monoisotopic (exact) mass is 279 g/mol. The molecule has 2 aliphatic heterocycles. The molecule has 5 nitrogen and oxygen atoms in total. The van der Waals surface area contributed by atoms with E-state index in [-0.39, 0.29) is 6.79 Å². The number of nitrogens with one attached hydrogen (secondary N) is 1. The van der Waals surface area contributed by atoms with Crippen LogP contribution < -0.4 is 19.5 Å². The van der Waals surface area contributed by atoms with Gasteiger partial charge >= 0.3 is 0 Å². The molecular formula is C15H21NO4. The Morgan fingerprint density at radius 3 is 3.05 bits per heavy atom. The number of hydrogen-bond donors (Lipinski definition) is 1. The maximum atomic E-state index is 5.44. The van der Waals surface area contributed by atoms with Crippen LogP contribution in [0.2, 0.25) is 0 Å². The molecule has 0 saturated carbocycles. The van der Waals surface area contributed by atoms with Gasteiger partial charge in [0.25, 0.3) is 0 Å². The highest BCUT2D eigenvalue weighted by atomic mass is 16.7. The van der Waals surface area contributed by atoms with Crippen molar-refractivity contribution in [3.05, 3.63) is 17.7 Å². The molecule has 0 amide bonds. The first-order valence-electron chi connectivity index (χ1n) is 7.05. The summed E-state index contributed by atoms with van der Waals surface area (Å²) in [6.07, 6.45) is 1.14. The topological polar surface area (TPSA) is 49.0 Å². The van der Waals surface area contributed by atoms with Gasteiger partial charge in [-0.1, -0.05) is 0 Å². The van der Waals surface area contributed by atoms with E-state index in [1.54, 1.807) is 7.11 Å². The van der Waals surface area contributed by atoms with Crippen LogP contribution >= 0.6 is 0 Å². The lowest BCUT2D eigenvalue weighted by molar-refractivity contribution is 0.171. The van der Waals surface area contributed by atoms with E-state index in [1.807, 2.05) is 12.1 Å². The molecule has 5 heteroatoms. The second-order valence-electron chi connectivity index (χ2n) is 5.33. The number of benzene rings is 1. The Balaban J connectivity index is 1.65. The Kier molecular flexibility index (Phi) is 3.98. The zero-order chi connectivity index (χ0) is 13.9. The summed E-state index contributed by atoms with van der Waals surface area (Å²) in [5.74, 6) is 2.80. The van der Waals surface area contributed by atoms with Crippen molar-refractivity contribution in [1.82, 2.24) is 5.32 Å². The number of rotatable bonds is 5. The van der Waals surface area contributed by atoms with Gasteiger partial charge in [0.1, 0.15) is 0 Å². The quantitative estimate of drug-likeness (QED) is 0.892. The molecule has 1 aromatic carbocycles. The minimum absolute atomic E-state index is 0.262. The fraction of sp³-hybridized carbons (Fsp3) is 0.600. The predicted molar refractivity (Wildman–Crippen MR) is 74.3 cm³/mol. The third-order valence-electron chi connectivity index (χ3n) is 4.02. The minimum atomic E-state index is 0.262. The zero-order valence-corrected chi connectivity index (χ0v) is 12.0. The molecule has 1 fully saturated rings. The first-order valence-corrected chi connectivity index (χ1v) is 7.05. The smallest absolute Gasteiger partial charge is 0.231 e. The molecule has 2 heterocycles. The van der Waals surface area contributed by atoms with Crippen LogP contribution in [0.15, 0.2) is 12.1 Å². The molecule has 2 unspecified atom stereocenters. The van der Waals surface area contributed by atoms with E-state index in [0.717, 1.165) is 43.2 Å². The summed E-state index contributed by atoms with van der Waals surface area (Å²) in [4.78, 5) is 0. The number of ether oxygens (including phenoxy) is 4. The van der Waals surface area contributed by atoms with Gasteiger partial charge in [-0.25, -0.2) is 0 Å². The molecule has 3 rings (SSSR count). The van der Waals surface area contributed by atoms with Gasteiger partial charge < -0.3 is 24.3 Å². The number of methoxy groups -OCH3 is 1. The van der Waals surface area contributed by atoms with Crippen molar-refractivity contribution in [2.75, 3.05) is 27.1 Å². The van der Waals surface area contributed by atoms with Crippen LogP contribution in [0.3, 0.4) is 0 Å². The van der Waals surface area contributed by atoms with E-state index in [2.05, 4.69) is 12.2 Å². The van der Waals surface area contributed by atoms with Crippen LogP contribution in [-0.4, -0.2) is 33.2 Å². The first-order chi connectivity index (χ1) is 9.78. The number of hydrogen-bond acceptors (Lipinski definition) is 5. The number of fused-ring (bicyclic) bond motifs is 1. The Hall–Kier alpha value is -1.46. The van der Waals surface area contributed by atoms with Crippen LogP contribution in [0.5, 0.6) is 17.2 Å². The average molecular weight is 279 g/mol. The molecule has 0 radical (unpaired) electrons. The SMILES string of the molecule is COc1cc(CNC(C)C2CCOC2)cc2c1OCO2. The molecule has 2 atom stereocenters. The maximum Gasteiger partial charge on any atom is 0.231 e. The summed E-state index contributed by atoms with van der Waals surface area (Å²) in [6, 6.07) is 4.45. The molecule has 1 N–H and O–H groups in total. The van der Waals surface area contributed by atoms with E-state index in [4.69, 9.17) is 18.9 Å². The fourth-order valence-electron chi connectivity index (χ4n) is 2.68. The molecule has 110 valence electrons. The highest BCUT2D eigenvalue weighted by molar-refractivity contribution is 5.55. The molecule has 20 heavy (non-hydrogen) atoms. The average Bonchev–Trinajstić information content (AvgIpc) is 3.14. The summed E-state index contributed by atoms with van der Waals surface area (Å²) >= 11 is 0. The van der Waals surface area contributed by atoms with E-state index < -0.39 is 0 Å². The van der Waals surface area contributed by atoms with Crippen molar-refractivity contribution in [1.29, 1.82) is 0 Å². The summed E-state index contributed by atoms with van der Waals surface area (Å²) in [6.45, 7) is 5.00. The van der Waals surface area contributed by atoms with Crippen LogP contribution in [-0.2, 0) is 11.3 Å². The molecule has 1 aromatic rings. The lowest BCUT2D eigenvalue weighted by Gasteiger charge is -2.19. The van der Waals surface area contributed by atoms with Gasteiger partial charge in [-0.05, 0) is 37.0 Å². The molecule has 2 aliphatic rings. The first kappa shape index (κ1) is 13.5. The van der Waals surface area contributed by atoms with Crippen molar-refractivity contribution < 1.29 is 18.9 Å². The van der Waals surface area contributed by atoms with Gasteiger partial charge in [0.15, 0.2) is 11.5 Å². The third kappa shape index (κ3) is 2.69. The summed E-state index contributed by atoms with van der Waals surface area (Å²) in [7, 11) is 1.65. The van der Waals surface area contributed by atoms with Crippen molar-refractivity contribution >= 4 is 0 Å². The van der Waals surface area contributed by atoms with Crippen molar-refractivity contribution in [3.8, 4) is 17.2 Å². The minimum Gasteiger partial charge on any atom is -0.493 e. The molecular weight excluding hydrogens is 258 g/mol. The molecule has 1 saturated heterocycles. The molecule has 0 aromatic heterocycles. The van der Waals surface area contributed by atoms with Gasteiger partial charge in [0, 0.05) is 19.2 Å². The Morgan fingerprint density at radius 1 is 1.40 bits per heavy atom. The van der Waals surface area contributed by atoms with E-state index in [9.17, 15) is 0 Å². The van der Waals surface area contributed by atoms with Gasteiger partial charge in [0.2, 0.25) is 12.5 Å². The largest absolute Gasteiger partial charge is 0.493 e. The summed E-state index contributed by atoms with van der Waals surface area (Å²) in [5, 5.41) is 3.55. The Labute approximate surface area is 119 Å². The second-order valence-corrected chi connectivity index (χ2v) is 5.33. The van der Waals surface area contributed by atoms with Gasteiger partial charge in [0.05, 0.1) is 13.7 Å². The standard InChI is InChI=1S/C15H21NO4/c1-10(12-3-4-18-8-12)16-7-11-5-13(17-2)15-14(6-11)19-9-20-15/h5-6,10,12,16H,3-4,7-9H2,1-2H3. The molecule has 0 bridgehead atoms. The van der Waals surface area contributed by atoms with Gasteiger partial charge in [-0.15, -0.1) is 0 Å². The lowest BCUT2D eigenvalue weighted by Crippen LogP contribution is -2.33. The predicted octanol–water partition coefficient (Wildman–Crippen LogP) is 1.94. The van der Waals surface area contributed by atoms with Crippen LogP contribution in [0.4, 0.5) is 0 Å². The highest BCUT2D eigenvalue weighted by Crippen LogP contribution is 2.41. The fourth-order valence-corrected chi connectivity index (χ4v) is 2.68. The van der Waals surface area contributed by atoms with E-state index in [0.29, 0.717) is 17.7 Å². The lowest BCUT2D eigenvalue weighted by atomic mass is 10.0.